The summed E-state index contributed by atoms with van der Waals surface area (Å²) in [5.41, 5.74) is 9.13. The molecule has 0 radical (unpaired) electrons. The topological polar surface area (TPSA) is 41.7 Å². The Hall–Kier alpha value is -2.20. The monoisotopic (exact) mass is 297 g/mol. The van der Waals surface area contributed by atoms with E-state index in [2.05, 4.69) is 40.1 Å². The lowest BCUT2D eigenvalue weighted by molar-refractivity contribution is 0.250. The third kappa shape index (κ3) is 3.52. The van der Waals surface area contributed by atoms with Crippen LogP contribution in [0.15, 0.2) is 48.5 Å². The molecule has 1 fully saturated rings. The molecule has 0 saturated carbocycles. The molecular formula is C18H23N3O. The highest BCUT2D eigenvalue weighted by atomic mass is 16.5. The van der Waals surface area contributed by atoms with Crippen LogP contribution in [0.3, 0.4) is 0 Å². The zero-order valence-electron chi connectivity index (χ0n) is 13.0. The Bertz CT molecular complexity index is 604. The van der Waals surface area contributed by atoms with Crippen molar-refractivity contribution in [1.82, 2.24) is 4.90 Å². The molecule has 4 nitrogen and oxygen atoms in total. The lowest BCUT2D eigenvalue weighted by Crippen LogP contribution is -2.45. The minimum Gasteiger partial charge on any atom is -0.497 e. The minimum atomic E-state index is 0.826. The van der Waals surface area contributed by atoms with Crippen LogP contribution >= 0.6 is 0 Å². The summed E-state index contributed by atoms with van der Waals surface area (Å²) in [5, 5.41) is 0. The van der Waals surface area contributed by atoms with E-state index in [0.29, 0.717) is 0 Å². The molecule has 22 heavy (non-hydrogen) atoms. The Morgan fingerprint density at radius 1 is 1.00 bits per heavy atom. The van der Waals surface area contributed by atoms with Crippen LogP contribution in [-0.4, -0.2) is 38.2 Å². The summed E-state index contributed by atoms with van der Waals surface area (Å²) in [7, 11) is 1.71. The van der Waals surface area contributed by atoms with Crippen LogP contribution in [0, 0.1) is 0 Å². The van der Waals surface area contributed by atoms with Crippen molar-refractivity contribution in [1.29, 1.82) is 0 Å². The van der Waals surface area contributed by atoms with Gasteiger partial charge in [0.2, 0.25) is 0 Å². The van der Waals surface area contributed by atoms with Gasteiger partial charge in [-0.2, -0.15) is 0 Å². The number of anilines is 2. The van der Waals surface area contributed by atoms with Gasteiger partial charge in [-0.05, 0) is 29.8 Å². The number of piperazine rings is 1. The van der Waals surface area contributed by atoms with Crippen molar-refractivity contribution in [2.45, 2.75) is 6.54 Å². The molecule has 2 aromatic rings. The van der Waals surface area contributed by atoms with Crippen LogP contribution in [0.25, 0.3) is 0 Å². The Labute approximate surface area is 132 Å². The van der Waals surface area contributed by atoms with Crippen molar-refractivity contribution in [3.05, 3.63) is 54.1 Å². The summed E-state index contributed by atoms with van der Waals surface area (Å²) in [4.78, 5) is 4.91. The largest absolute Gasteiger partial charge is 0.497 e. The second kappa shape index (κ2) is 6.71. The first kappa shape index (κ1) is 14.7. The van der Waals surface area contributed by atoms with Gasteiger partial charge in [-0.1, -0.05) is 18.2 Å². The molecule has 4 heteroatoms. The van der Waals surface area contributed by atoms with Gasteiger partial charge in [-0.15, -0.1) is 0 Å². The standard InChI is InChI=1S/C18H23N3O/c1-22-18-4-2-3-17(13-18)21-11-9-20(10-12-21)14-15-5-7-16(19)8-6-15/h2-8,13H,9-12,14,19H2,1H3. The molecule has 0 atom stereocenters. The molecule has 0 amide bonds. The number of nitrogen functional groups attached to an aromatic ring is 1. The smallest absolute Gasteiger partial charge is 0.120 e. The van der Waals surface area contributed by atoms with Gasteiger partial charge >= 0.3 is 0 Å². The van der Waals surface area contributed by atoms with Crippen LogP contribution < -0.4 is 15.4 Å². The maximum Gasteiger partial charge on any atom is 0.120 e. The predicted octanol–water partition coefficient (Wildman–Crippen LogP) is 2.60. The van der Waals surface area contributed by atoms with Gasteiger partial charge in [0, 0.05) is 50.2 Å². The lowest BCUT2D eigenvalue weighted by Gasteiger charge is -2.36. The highest BCUT2D eigenvalue weighted by Crippen LogP contribution is 2.22. The van der Waals surface area contributed by atoms with E-state index < -0.39 is 0 Å². The van der Waals surface area contributed by atoms with E-state index in [4.69, 9.17) is 10.5 Å². The van der Waals surface area contributed by atoms with Crippen molar-refractivity contribution in [2.24, 2.45) is 0 Å². The van der Waals surface area contributed by atoms with E-state index in [1.165, 1.54) is 11.3 Å². The molecule has 0 unspecified atom stereocenters. The summed E-state index contributed by atoms with van der Waals surface area (Å²) in [6.07, 6.45) is 0. The van der Waals surface area contributed by atoms with Gasteiger partial charge < -0.3 is 15.4 Å². The number of methoxy groups -OCH3 is 1. The Balaban J connectivity index is 1.56. The van der Waals surface area contributed by atoms with Crippen LogP contribution in [0.1, 0.15) is 5.56 Å². The Morgan fingerprint density at radius 2 is 1.73 bits per heavy atom. The maximum atomic E-state index is 5.74. The molecular weight excluding hydrogens is 274 g/mol. The van der Waals surface area contributed by atoms with Gasteiger partial charge in [0.05, 0.1) is 7.11 Å². The highest BCUT2D eigenvalue weighted by molar-refractivity contribution is 5.51. The fourth-order valence-corrected chi connectivity index (χ4v) is 2.85. The quantitative estimate of drug-likeness (QED) is 0.881. The molecule has 3 rings (SSSR count). The Morgan fingerprint density at radius 3 is 2.41 bits per heavy atom. The number of ether oxygens (including phenoxy) is 1. The first-order valence-corrected chi connectivity index (χ1v) is 7.70. The molecule has 2 aromatic carbocycles. The highest BCUT2D eigenvalue weighted by Gasteiger charge is 2.17. The second-order valence-corrected chi connectivity index (χ2v) is 5.71. The number of hydrogen-bond acceptors (Lipinski definition) is 4. The van der Waals surface area contributed by atoms with Crippen LogP contribution in [0.4, 0.5) is 11.4 Å². The SMILES string of the molecule is COc1cccc(N2CCN(Cc3ccc(N)cc3)CC2)c1. The third-order valence-electron chi connectivity index (χ3n) is 4.18. The van der Waals surface area contributed by atoms with Crippen LogP contribution in [0.2, 0.25) is 0 Å². The molecule has 1 heterocycles. The van der Waals surface area contributed by atoms with Gasteiger partial charge in [-0.3, -0.25) is 4.90 Å². The summed E-state index contributed by atoms with van der Waals surface area (Å²) in [6.45, 7) is 5.22. The molecule has 116 valence electrons. The maximum absolute atomic E-state index is 5.74. The number of rotatable bonds is 4. The average molecular weight is 297 g/mol. The van der Waals surface area contributed by atoms with Gasteiger partial charge in [-0.25, -0.2) is 0 Å². The van der Waals surface area contributed by atoms with Crippen molar-refractivity contribution in [2.75, 3.05) is 43.9 Å². The van der Waals surface area contributed by atoms with E-state index in [1.54, 1.807) is 7.11 Å². The molecule has 0 aliphatic carbocycles. The fraction of sp³-hybridized carbons (Fsp3) is 0.333. The van der Waals surface area contributed by atoms with E-state index in [9.17, 15) is 0 Å². The first-order valence-electron chi connectivity index (χ1n) is 7.70. The van der Waals surface area contributed by atoms with Gasteiger partial charge in [0.15, 0.2) is 0 Å². The summed E-state index contributed by atoms with van der Waals surface area (Å²) in [5.74, 6) is 0.918. The van der Waals surface area contributed by atoms with E-state index >= 15 is 0 Å². The van der Waals surface area contributed by atoms with Crippen molar-refractivity contribution < 1.29 is 4.74 Å². The number of hydrogen-bond donors (Lipinski definition) is 1. The van der Waals surface area contributed by atoms with E-state index in [0.717, 1.165) is 44.2 Å². The first-order chi connectivity index (χ1) is 10.7. The second-order valence-electron chi connectivity index (χ2n) is 5.71. The molecule has 0 aromatic heterocycles. The van der Waals surface area contributed by atoms with Crippen LogP contribution in [0.5, 0.6) is 5.75 Å². The van der Waals surface area contributed by atoms with E-state index in [-0.39, 0.29) is 0 Å². The van der Waals surface area contributed by atoms with Gasteiger partial charge in [0.25, 0.3) is 0 Å². The van der Waals surface area contributed by atoms with E-state index in [1.807, 2.05) is 18.2 Å². The number of benzene rings is 2. The predicted molar refractivity (Wildman–Crippen MR) is 91.3 cm³/mol. The zero-order chi connectivity index (χ0) is 15.4. The normalized spacial score (nSPS) is 15.8. The molecule has 1 saturated heterocycles. The summed E-state index contributed by atoms with van der Waals surface area (Å²) >= 11 is 0. The minimum absolute atomic E-state index is 0.826. The number of nitrogens with zero attached hydrogens (tertiary/aromatic N) is 2. The summed E-state index contributed by atoms with van der Waals surface area (Å²) in [6, 6.07) is 16.5. The molecule has 2 N–H and O–H groups in total. The van der Waals surface area contributed by atoms with Crippen molar-refractivity contribution >= 4 is 11.4 Å². The molecule has 1 aliphatic heterocycles. The van der Waals surface area contributed by atoms with Crippen molar-refractivity contribution in [3.8, 4) is 5.75 Å². The fourth-order valence-electron chi connectivity index (χ4n) is 2.85. The Kier molecular flexibility index (Phi) is 4.49. The van der Waals surface area contributed by atoms with Gasteiger partial charge in [0.1, 0.15) is 5.75 Å². The molecule has 0 spiro atoms. The lowest BCUT2D eigenvalue weighted by atomic mass is 10.1. The van der Waals surface area contributed by atoms with Crippen molar-refractivity contribution in [3.63, 3.8) is 0 Å². The average Bonchev–Trinajstić information content (AvgIpc) is 2.58. The summed E-state index contributed by atoms with van der Waals surface area (Å²) < 4.78 is 5.31. The molecule has 0 bridgehead atoms. The third-order valence-corrected chi connectivity index (χ3v) is 4.18. The molecule has 1 aliphatic rings. The zero-order valence-corrected chi connectivity index (χ0v) is 13.0. The van der Waals surface area contributed by atoms with Crippen LogP contribution in [-0.2, 0) is 6.54 Å². The number of nitrogens with two attached hydrogens (primary N) is 1.